The minimum atomic E-state index is -1.48. The molecule has 1 aromatic rings. The molecule has 6 unspecified atom stereocenters. The maximum atomic E-state index is 3.85. The zero-order chi connectivity index (χ0) is 28.3. The largest absolute Gasteiger partial charge is 0.316 e. The first kappa shape index (κ1) is 30.5. The Morgan fingerprint density at radius 3 is 1.85 bits per heavy atom. The molecule has 2 aliphatic heterocycles. The molecule has 6 heteroatoms. The number of hydrogen-bond acceptors (Lipinski definition) is 2. The summed E-state index contributed by atoms with van der Waals surface area (Å²) in [5, 5.41) is 11.4. The number of hydrogen-bond donors (Lipinski definition) is 2. The van der Waals surface area contributed by atoms with E-state index < -0.39 is 16.1 Å². The summed E-state index contributed by atoms with van der Waals surface area (Å²) in [6, 6.07) is 5.86. The lowest BCUT2D eigenvalue weighted by Crippen LogP contribution is -2.59. The van der Waals surface area contributed by atoms with E-state index >= 15 is 0 Å². The molecule has 4 bridgehead atoms. The topological polar surface area (TPSA) is 24.1 Å². The summed E-state index contributed by atoms with van der Waals surface area (Å²) < 4.78 is 0. The van der Waals surface area contributed by atoms with E-state index in [0.29, 0.717) is 5.41 Å². The summed E-state index contributed by atoms with van der Waals surface area (Å²) in [4.78, 5) is 0. The van der Waals surface area contributed by atoms with Crippen molar-refractivity contribution >= 4 is 43.7 Å². The summed E-state index contributed by atoms with van der Waals surface area (Å²) >= 11 is 0. The van der Waals surface area contributed by atoms with Gasteiger partial charge in [-0.2, -0.15) is 0 Å². The minimum Gasteiger partial charge on any atom is -0.316 e. The van der Waals surface area contributed by atoms with Gasteiger partial charge in [0.15, 0.2) is 0 Å². The van der Waals surface area contributed by atoms with Crippen LogP contribution >= 0.6 is 17.2 Å². The Morgan fingerprint density at radius 1 is 0.825 bits per heavy atom. The fourth-order valence-corrected chi connectivity index (χ4v) is 20.0. The van der Waals surface area contributed by atoms with E-state index in [2.05, 4.69) is 71.3 Å². The third kappa shape index (κ3) is 5.79. The maximum absolute atomic E-state index is 3.85. The Bertz CT molecular complexity index is 1020. The Balaban J connectivity index is 1.51. The molecule has 2 saturated heterocycles. The van der Waals surface area contributed by atoms with Crippen LogP contribution in [0.2, 0.25) is 39.3 Å². The maximum Gasteiger partial charge on any atom is 0.0774 e. The Kier molecular flexibility index (Phi) is 8.94. The Morgan fingerprint density at radius 2 is 1.38 bits per heavy atom. The van der Waals surface area contributed by atoms with Crippen LogP contribution in [0.1, 0.15) is 68.9 Å². The van der Waals surface area contributed by atoms with Crippen LogP contribution in [0.3, 0.4) is 0 Å². The second-order valence-corrected chi connectivity index (χ2v) is 30.2. The first-order valence-corrected chi connectivity index (χ1v) is 26.5. The smallest absolute Gasteiger partial charge is 0.0774 e. The predicted molar refractivity (Wildman–Crippen MR) is 188 cm³/mol. The summed E-state index contributed by atoms with van der Waals surface area (Å²) in [5.41, 5.74) is 6.02. The van der Waals surface area contributed by atoms with Crippen molar-refractivity contribution in [3.8, 4) is 0 Å². The van der Waals surface area contributed by atoms with Crippen molar-refractivity contribution in [1.82, 2.24) is 10.6 Å². The van der Waals surface area contributed by atoms with Gasteiger partial charge in [0.1, 0.15) is 0 Å². The van der Waals surface area contributed by atoms with E-state index in [0.717, 1.165) is 35.0 Å². The van der Waals surface area contributed by atoms with E-state index in [1.165, 1.54) is 89.9 Å². The standard InChI is InChI=1S/C34H60N2P2Si2/c1-39(2,3)32-16-27(23-38(28-9-7-11-35-20-28)29-10-8-12-36-21-29)30(17-33(32)40(4,5)6)34-18-24-13-25(19-34)15-26(14-24)31(34)22-37/h16-17,24-26,28-29,31,35-36H,7-15,18-23,37H2,1-6H3. The molecule has 0 radical (unpaired) electrons. The lowest BCUT2D eigenvalue weighted by atomic mass is 9.43. The number of rotatable bonds is 8. The average molecular weight is 615 g/mol. The second-order valence-electron chi connectivity index (χ2n) is 16.8. The fourth-order valence-electron chi connectivity index (χ4n) is 10.4. The fraction of sp³-hybridized carbons (Fsp3) is 0.824. The molecule has 0 spiro atoms. The first-order valence-electron chi connectivity index (χ1n) is 17.0. The van der Waals surface area contributed by atoms with Crippen molar-refractivity contribution in [1.29, 1.82) is 0 Å². The number of benzene rings is 1. The van der Waals surface area contributed by atoms with E-state index in [1.54, 1.807) is 6.42 Å². The summed E-state index contributed by atoms with van der Waals surface area (Å²) in [5.74, 6) is 3.86. The van der Waals surface area contributed by atoms with Crippen LogP contribution in [-0.2, 0) is 11.6 Å². The molecule has 4 saturated carbocycles. The zero-order valence-corrected chi connectivity index (χ0v) is 30.8. The van der Waals surface area contributed by atoms with E-state index in [4.69, 9.17) is 0 Å². The van der Waals surface area contributed by atoms with Crippen LogP contribution in [0.5, 0.6) is 0 Å². The van der Waals surface area contributed by atoms with E-state index in [9.17, 15) is 0 Å². The molecule has 224 valence electrons. The molecule has 2 N–H and O–H groups in total. The number of nitrogens with one attached hydrogen (secondary N) is 2. The van der Waals surface area contributed by atoms with Gasteiger partial charge in [-0.1, -0.05) is 69.7 Å². The van der Waals surface area contributed by atoms with Crippen molar-refractivity contribution < 1.29 is 0 Å². The predicted octanol–water partition coefficient (Wildman–Crippen LogP) is 6.83. The average Bonchev–Trinajstić information content (AvgIpc) is 2.91. The molecule has 0 aromatic heterocycles. The summed E-state index contributed by atoms with van der Waals surface area (Å²) in [7, 11) is 0.271. The molecule has 40 heavy (non-hydrogen) atoms. The van der Waals surface area contributed by atoms with Gasteiger partial charge in [0.05, 0.1) is 16.1 Å². The monoisotopic (exact) mass is 614 g/mol. The molecule has 7 rings (SSSR count). The van der Waals surface area contributed by atoms with Crippen LogP contribution in [0.25, 0.3) is 0 Å². The van der Waals surface area contributed by atoms with Gasteiger partial charge < -0.3 is 10.6 Å². The SMILES string of the molecule is C[Si](C)(C)c1cc(CP(C2CCCNC2)C2CCCNC2)c(C23CC4CC(CC(C4)C2CP)C3)cc1[Si](C)(C)C. The van der Waals surface area contributed by atoms with Crippen LogP contribution in [0, 0.1) is 23.7 Å². The van der Waals surface area contributed by atoms with Gasteiger partial charge in [-0.05, 0) is 135 Å². The van der Waals surface area contributed by atoms with Crippen LogP contribution in [-0.4, -0.2) is 59.8 Å². The molecule has 2 nitrogen and oxygen atoms in total. The van der Waals surface area contributed by atoms with Crippen LogP contribution in [0.15, 0.2) is 12.1 Å². The van der Waals surface area contributed by atoms with E-state index in [1.807, 2.05) is 21.5 Å². The molecule has 6 fully saturated rings. The lowest BCUT2D eigenvalue weighted by molar-refractivity contribution is -0.0520. The highest BCUT2D eigenvalue weighted by Gasteiger charge is 2.57. The quantitative estimate of drug-likeness (QED) is 0.248. The summed E-state index contributed by atoms with van der Waals surface area (Å²) in [6.07, 6.45) is 16.0. The molecule has 0 amide bonds. The van der Waals surface area contributed by atoms with Crippen molar-refractivity contribution in [2.45, 2.75) is 120 Å². The molecule has 6 atom stereocenters. The molecule has 1 aromatic carbocycles. The summed E-state index contributed by atoms with van der Waals surface area (Å²) in [6.45, 7) is 20.8. The van der Waals surface area contributed by atoms with Gasteiger partial charge in [0, 0.05) is 13.1 Å². The van der Waals surface area contributed by atoms with Gasteiger partial charge in [-0.25, -0.2) is 0 Å². The van der Waals surface area contributed by atoms with Crippen LogP contribution in [0.4, 0.5) is 0 Å². The van der Waals surface area contributed by atoms with Gasteiger partial charge in [-0.15, -0.1) is 9.24 Å². The zero-order valence-electron chi connectivity index (χ0n) is 26.7. The van der Waals surface area contributed by atoms with Crippen molar-refractivity contribution in [2.75, 3.05) is 32.3 Å². The Labute approximate surface area is 252 Å². The van der Waals surface area contributed by atoms with Gasteiger partial charge in [-0.3, -0.25) is 0 Å². The van der Waals surface area contributed by atoms with Crippen LogP contribution < -0.4 is 21.0 Å². The molecule has 2 heterocycles. The highest BCUT2D eigenvalue weighted by molar-refractivity contribution is 7.58. The first-order chi connectivity index (χ1) is 19.0. The van der Waals surface area contributed by atoms with Crippen molar-refractivity contribution in [3.05, 3.63) is 23.3 Å². The highest BCUT2D eigenvalue weighted by Crippen LogP contribution is 2.65. The minimum absolute atomic E-state index is 0.0388. The molecule has 4 aliphatic carbocycles. The van der Waals surface area contributed by atoms with Gasteiger partial charge in [0.25, 0.3) is 0 Å². The highest BCUT2D eigenvalue weighted by atomic mass is 31.1. The van der Waals surface area contributed by atoms with Gasteiger partial charge in [0.2, 0.25) is 0 Å². The third-order valence-corrected chi connectivity index (χ3v) is 20.3. The Hall–Kier alpha value is 0.434. The lowest BCUT2D eigenvalue weighted by Gasteiger charge is -2.62. The molecular formula is C34H60N2P2Si2. The van der Waals surface area contributed by atoms with E-state index in [-0.39, 0.29) is 7.92 Å². The van der Waals surface area contributed by atoms with Crippen molar-refractivity contribution in [2.24, 2.45) is 23.7 Å². The molecular weight excluding hydrogens is 555 g/mol. The van der Waals surface area contributed by atoms with Gasteiger partial charge >= 0.3 is 0 Å². The second kappa shape index (κ2) is 11.7. The van der Waals surface area contributed by atoms with Crippen molar-refractivity contribution in [3.63, 3.8) is 0 Å². The molecule has 6 aliphatic rings. The number of piperidine rings is 2. The normalized spacial score (nSPS) is 37.1. The third-order valence-electron chi connectivity index (χ3n) is 12.0.